The van der Waals surface area contributed by atoms with E-state index in [1.165, 1.54) is 0 Å². The number of nitrogens with one attached hydrogen (secondary N) is 1. The standard InChI is InChI=1S/C40H59N3O7/c1-10-12-18-31(45)49-24-29(27-16-14-13-15-17-27)41-35(46)32-30-19-20-40(50-30)33(32)36(47)43(28(23-44)22-26(3)4)34(40)37(48)42(21-11-2)39(8,9)25-38(5,6)7/h10-11,13-17,26,28-30,32-34,44H,1-2,12,18-25H2,3-9H3,(H,41,46)/t28-,29-,30-,32+,33+,34-,40+/m1/s1. The Labute approximate surface area is 298 Å². The highest BCUT2D eigenvalue weighted by Crippen LogP contribution is 2.59. The van der Waals surface area contributed by atoms with E-state index in [0.29, 0.717) is 32.1 Å². The molecule has 0 aliphatic carbocycles. The molecule has 0 unspecified atom stereocenters. The molecule has 3 heterocycles. The highest BCUT2D eigenvalue weighted by molar-refractivity contribution is 5.99. The molecule has 0 aromatic heterocycles. The fourth-order valence-corrected chi connectivity index (χ4v) is 8.83. The number of likely N-dealkylation sites (tertiary alicyclic amines) is 1. The van der Waals surface area contributed by atoms with Crippen molar-refractivity contribution in [2.75, 3.05) is 19.8 Å². The maximum absolute atomic E-state index is 15.1. The van der Waals surface area contributed by atoms with Crippen LogP contribution in [0.1, 0.15) is 98.6 Å². The predicted molar refractivity (Wildman–Crippen MR) is 193 cm³/mol. The van der Waals surface area contributed by atoms with Gasteiger partial charge in [0.05, 0.1) is 36.6 Å². The summed E-state index contributed by atoms with van der Waals surface area (Å²) in [5, 5.41) is 13.8. The third kappa shape index (κ3) is 8.17. The van der Waals surface area contributed by atoms with Crippen LogP contribution in [0.3, 0.4) is 0 Å². The van der Waals surface area contributed by atoms with E-state index in [1.54, 1.807) is 22.0 Å². The van der Waals surface area contributed by atoms with Gasteiger partial charge in [0.1, 0.15) is 18.2 Å². The van der Waals surface area contributed by atoms with Crippen molar-refractivity contribution in [1.82, 2.24) is 15.1 Å². The Morgan fingerprint density at radius 3 is 2.40 bits per heavy atom. The summed E-state index contributed by atoms with van der Waals surface area (Å²) in [4.78, 5) is 60.1. The lowest BCUT2D eigenvalue weighted by Gasteiger charge is -2.46. The van der Waals surface area contributed by atoms with Crippen molar-refractivity contribution in [3.05, 3.63) is 61.2 Å². The number of ether oxygens (including phenoxy) is 2. The lowest BCUT2D eigenvalue weighted by atomic mass is 9.70. The minimum Gasteiger partial charge on any atom is -0.463 e. The van der Waals surface area contributed by atoms with E-state index < -0.39 is 53.2 Å². The molecule has 3 fully saturated rings. The molecule has 4 rings (SSSR count). The molecule has 3 saturated heterocycles. The van der Waals surface area contributed by atoms with E-state index >= 15 is 4.79 Å². The number of hydrogen-bond donors (Lipinski definition) is 2. The highest BCUT2D eigenvalue weighted by Gasteiger charge is 2.75. The number of nitrogens with zero attached hydrogens (tertiary/aromatic N) is 2. The number of esters is 1. The molecule has 2 N–H and O–H groups in total. The average molecular weight is 694 g/mol. The molecule has 1 aromatic rings. The summed E-state index contributed by atoms with van der Waals surface area (Å²) < 4.78 is 12.3. The van der Waals surface area contributed by atoms with E-state index in [-0.39, 0.29) is 55.2 Å². The predicted octanol–water partition coefficient (Wildman–Crippen LogP) is 5.36. The largest absolute Gasteiger partial charge is 0.463 e. The van der Waals surface area contributed by atoms with Gasteiger partial charge in [-0.3, -0.25) is 19.2 Å². The van der Waals surface area contributed by atoms with Crippen LogP contribution in [0.15, 0.2) is 55.6 Å². The number of carbonyl (C=O) groups excluding carboxylic acids is 4. The first-order valence-corrected chi connectivity index (χ1v) is 18.2. The van der Waals surface area contributed by atoms with Crippen molar-refractivity contribution >= 4 is 23.7 Å². The molecular formula is C40H59N3O7. The Hall–Kier alpha value is -3.50. The number of hydrogen-bond acceptors (Lipinski definition) is 7. The van der Waals surface area contributed by atoms with Crippen molar-refractivity contribution in [2.45, 2.75) is 122 Å². The van der Waals surface area contributed by atoms with Gasteiger partial charge in [-0.2, -0.15) is 0 Å². The van der Waals surface area contributed by atoms with Gasteiger partial charge in [0.15, 0.2) is 0 Å². The van der Waals surface area contributed by atoms with Crippen molar-refractivity contribution in [2.24, 2.45) is 23.2 Å². The van der Waals surface area contributed by atoms with Crippen LogP contribution in [-0.2, 0) is 28.7 Å². The Kier molecular flexibility index (Phi) is 12.4. The molecule has 3 aliphatic heterocycles. The average Bonchev–Trinajstić information content (AvgIpc) is 3.69. The maximum Gasteiger partial charge on any atom is 0.306 e. The number of rotatable bonds is 17. The summed E-state index contributed by atoms with van der Waals surface area (Å²) in [5.41, 5.74) is -1.18. The van der Waals surface area contributed by atoms with Crippen LogP contribution in [0.2, 0.25) is 0 Å². The van der Waals surface area contributed by atoms with E-state index in [9.17, 15) is 19.5 Å². The van der Waals surface area contributed by atoms with Crippen LogP contribution in [0, 0.1) is 23.2 Å². The van der Waals surface area contributed by atoms with Crippen LogP contribution >= 0.6 is 0 Å². The number of fused-ring (bicyclic) bond motifs is 1. The molecule has 10 nitrogen and oxygen atoms in total. The van der Waals surface area contributed by atoms with Gasteiger partial charge < -0.3 is 29.7 Å². The zero-order chi connectivity index (χ0) is 37.0. The second kappa shape index (κ2) is 15.8. The molecule has 1 spiro atoms. The SMILES string of the molecule is C=CCCC(=O)OC[C@@H](NC(=O)[C@@H]1[C@H]2C(=O)N([C@@H](CO)CC(C)C)[C@H](C(=O)N(CC=C)C(C)(C)CC(C)(C)C)[C@]23CC[C@H]1O3)c1ccccc1. The number of allylic oxidation sites excluding steroid dienone is 1. The van der Waals surface area contributed by atoms with Crippen molar-refractivity contribution in [3.8, 4) is 0 Å². The van der Waals surface area contributed by atoms with E-state index in [4.69, 9.17) is 9.47 Å². The smallest absolute Gasteiger partial charge is 0.306 e. The minimum atomic E-state index is -1.23. The Bertz CT molecular complexity index is 1400. The van der Waals surface area contributed by atoms with Crippen LogP contribution < -0.4 is 5.32 Å². The number of benzene rings is 1. The highest BCUT2D eigenvalue weighted by atomic mass is 16.5. The summed E-state index contributed by atoms with van der Waals surface area (Å²) in [6.45, 7) is 22.0. The topological polar surface area (TPSA) is 125 Å². The first kappa shape index (κ1) is 39.3. The first-order valence-electron chi connectivity index (χ1n) is 18.2. The quantitative estimate of drug-likeness (QED) is 0.166. The third-order valence-corrected chi connectivity index (χ3v) is 10.4. The van der Waals surface area contributed by atoms with E-state index in [2.05, 4.69) is 39.2 Å². The van der Waals surface area contributed by atoms with E-state index in [0.717, 1.165) is 5.56 Å². The monoisotopic (exact) mass is 693 g/mol. The first-order chi connectivity index (χ1) is 23.5. The summed E-state index contributed by atoms with van der Waals surface area (Å²) >= 11 is 0. The van der Waals surface area contributed by atoms with Gasteiger partial charge >= 0.3 is 5.97 Å². The molecule has 0 saturated carbocycles. The van der Waals surface area contributed by atoms with Crippen LogP contribution in [0.25, 0.3) is 0 Å². The number of aliphatic hydroxyl groups excluding tert-OH is 1. The second-order valence-corrected chi connectivity index (χ2v) is 16.5. The Morgan fingerprint density at radius 1 is 1.14 bits per heavy atom. The summed E-state index contributed by atoms with van der Waals surface area (Å²) in [7, 11) is 0. The summed E-state index contributed by atoms with van der Waals surface area (Å²) in [5.74, 6) is -3.04. The van der Waals surface area contributed by atoms with Gasteiger partial charge in [-0.1, -0.05) is 77.1 Å². The Morgan fingerprint density at radius 2 is 1.82 bits per heavy atom. The molecule has 3 amide bonds. The van der Waals surface area contributed by atoms with Gasteiger partial charge in [0.25, 0.3) is 0 Å². The molecule has 50 heavy (non-hydrogen) atoms. The van der Waals surface area contributed by atoms with Gasteiger partial charge in [-0.15, -0.1) is 13.2 Å². The summed E-state index contributed by atoms with van der Waals surface area (Å²) in [6, 6.07) is 6.94. The molecule has 1 aromatic carbocycles. The number of carbonyl (C=O) groups is 4. The second-order valence-electron chi connectivity index (χ2n) is 16.5. The summed E-state index contributed by atoms with van der Waals surface area (Å²) in [6.07, 6.45) is 5.56. The van der Waals surface area contributed by atoms with Crippen molar-refractivity contribution in [1.29, 1.82) is 0 Å². The fraction of sp³-hybridized carbons (Fsp3) is 0.650. The van der Waals surface area contributed by atoms with Crippen LogP contribution in [0.4, 0.5) is 0 Å². The third-order valence-electron chi connectivity index (χ3n) is 10.4. The van der Waals surface area contributed by atoms with Crippen LogP contribution in [0.5, 0.6) is 0 Å². The van der Waals surface area contributed by atoms with Crippen molar-refractivity contribution < 1.29 is 33.8 Å². The molecule has 7 atom stereocenters. The van der Waals surface area contributed by atoms with Gasteiger partial charge in [0.2, 0.25) is 17.7 Å². The Balaban J connectivity index is 1.73. The lowest BCUT2D eigenvalue weighted by Crippen LogP contribution is -2.62. The zero-order valence-corrected chi connectivity index (χ0v) is 31.2. The van der Waals surface area contributed by atoms with Crippen molar-refractivity contribution in [3.63, 3.8) is 0 Å². The molecule has 3 aliphatic rings. The van der Waals surface area contributed by atoms with Gasteiger partial charge in [-0.05, 0) is 62.8 Å². The van der Waals surface area contributed by atoms with E-state index in [1.807, 2.05) is 58.0 Å². The normalized spacial score (nSPS) is 25.6. The molecule has 276 valence electrons. The maximum atomic E-state index is 15.1. The number of aliphatic hydroxyl groups is 1. The molecule has 10 heteroatoms. The van der Waals surface area contributed by atoms with Gasteiger partial charge in [-0.25, -0.2) is 0 Å². The molecular weight excluding hydrogens is 634 g/mol. The van der Waals surface area contributed by atoms with Crippen LogP contribution in [-0.4, -0.2) is 87.7 Å². The molecule has 0 radical (unpaired) electrons. The minimum absolute atomic E-state index is 0.0820. The van der Waals surface area contributed by atoms with Gasteiger partial charge in [0, 0.05) is 18.5 Å². The fourth-order valence-electron chi connectivity index (χ4n) is 8.83. The lowest BCUT2D eigenvalue weighted by molar-refractivity contribution is -0.156. The molecule has 2 bridgehead atoms. The zero-order valence-electron chi connectivity index (χ0n) is 31.2. The number of amides is 3.